The van der Waals surface area contributed by atoms with E-state index in [1.54, 1.807) is 4.68 Å². The Labute approximate surface area is 140 Å². The smallest absolute Gasteiger partial charge is 0.226 e. The van der Waals surface area contributed by atoms with Gasteiger partial charge in [0.2, 0.25) is 5.89 Å². The van der Waals surface area contributed by atoms with Crippen molar-refractivity contribution in [2.75, 3.05) is 11.9 Å². The number of rotatable bonds is 7. The van der Waals surface area contributed by atoms with E-state index >= 15 is 0 Å². The molecule has 126 valence electrons. The van der Waals surface area contributed by atoms with Crippen LogP contribution >= 0.6 is 0 Å². The average molecular weight is 327 g/mol. The second kappa shape index (κ2) is 7.20. The minimum absolute atomic E-state index is 0.285. The third-order valence-electron chi connectivity index (χ3n) is 3.48. The molecule has 0 spiro atoms. The first kappa shape index (κ1) is 16.1. The summed E-state index contributed by atoms with van der Waals surface area (Å²) >= 11 is 0. The van der Waals surface area contributed by atoms with Crippen molar-refractivity contribution < 1.29 is 4.52 Å². The quantitative estimate of drug-likeness (QED) is 0.666. The van der Waals surface area contributed by atoms with Gasteiger partial charge in [0.1, 0.15) is 5.82 Å². The third-order valence-corrected chi connectivity index (χ3v) is 3.48. The van der Waals surface area contributed by atoms with Gasteiger partial charge in [-0.25, -0.2) is 4.68 Å². The Morgan fingerprint density at radius 1 is 1.21 bits per heavy atom. The van der Waals surface area contributed by atoms with Gasteiger partial charge in [-0.2, -0.15) is 10.1 Å². The zero-order valence-corrected chi connectivity index (χ0v) is 14.1. The average Bonchev–Trinajstić information content (AvgIpc) is 3.21. The predicted octanol–water partition coefficient (Wildman–Crippen LogP) is 2.52. The maximum absolute atomic E-state index is 5.22. The molecule has 0 saturated carbocycles. The molecule has 3 aromatic rings. The molecule has 1 N–H and O–H groups in total. The summed E-state index contributed by atoms with van der Waals surface area (Å²) in [6.07, 6.45) is 3.48. The summed E-state index contributed by atoms with van der Waals surface area (Å²) in [7, 11) is 0. The first-order valence-electron chi connectivity index (χ1n) is 8.04. The summed E-state index contributed by atoms with van der Waals surface area (Å²) in [6.45, 7) is 6.79. The Kier molecular flexibility index (Phi) is 4.83. The van der Waals surface area contributed by atoms with Gasteiger partial charge in [0.25, 0.3) is 0 Å². The maximum atomic E-state index is 5.22. The molecule has 0 bridgehead atoms. The van der Waals surface area contributed by atoms with Crippen LogP contribution in [0.2, 0.25) is 0 Å². The molecule has 8 nitrogen and oxygen atoms in total. The topological polar surface area (TPSA) is 94.6 Å². The van der Waals surface area contributed by atoms with Crippen LogP contribution in [0, 0.1) is 6.92 Å². The highest BCUT2D eigenvalue weighted by atomic mass is 16.5. The Balaban J connectivity index is 1.46. The Bertz CT molecular complexity index is 776. The van der Waals surface area contributed by atoms with Crippen LogP contribution in [0.3, 0.4) is 0 Å². The largest absolute Gasteiger partial charge is 0.369 e. The molecule has 0 aliphatic carbocycles. The van der Waals surface area contributed by atoms with Gasteiger partial charge >= 0.3 is 0 Å². The molecular formula is C16H21N7O. The van der Waals surface area contributed by atoms with Crippen molar-refractivity contribution in [3.05, 3.63) is 41.8 Å². The Morgan fingerprint density at radius 3 is 2.71 bits per heavy atom. The molecule has 0 aliphatic heterocycles. The molecule has 3 heterocycles. The summed E-state index contributed by atoms with van der Waals surface area (Å²) < 4.78 is 6.92. The van der Waals surface area contributed by atoms with Gasteiger partial charge in [0.05, 0.1) is 5.69 Å². The molecule has 3 rings (SSSR count). The second-order valence-electron chi connectivity index (χ2n) is 5.91. The second-order valence-corrected chi connectivity index (χ2v) is 5.91. The molecule has 0 atom stereocenters. The summed E-state index contributed by atoms with van der Waals surface area (Å²) in [5.41, 5.74) is 0.945. The van der Waals surface area contributed by atoms with Gasteiger partial charge < -0.3 is 9.84 Å². The first-order valence-corrected chi connectivity index (χ1v) is 8.04. The van der Waals surface area contributed by atoms with E-state index in [1.807, 2.05) is 45.2 Å². The SMILES string of the molecule is Cc1ccn(-c2ccc(NCCCc3nc(C(C)C)no3)nn2)n1. The van der Waals surface area contributed by atoms with Crippen LogP contribution in [0.5, 0.6) is 0 Å². The minimum atomic E-state index is 0.285. The fourth-order valence-electron chi connectivity index (χ4n) is 2.14. The van der Waals surface area contributed by atoms with Crippen LogP contribution in [0.25, 0.3) is 5.82 Å². The lowest BCUT2D eigenvalue weighted by molar-refractivity contribution is 0.369. The zero-order chi connectivity index (χ0) is 16.9. The maximum Gasteiger partial charge on any atom is 0.226 e. The Morgan fingerprint density at radius 2 is 2.08 bits per heavy atom. The van der Waals surface area contributed by atoms with E-state index in [4.69, 9.17) is 4.52 Å². The van der Waals surface area contributed by atoms with E-state index in [-0.39, 0.29) is 5.92 Å². The van der Waals surface area contributed by atoms with Crippen LogP contribution < -0.4 is 5.32 Å². The van der Waals surface area contributed by atoms with Gasteiger partial charge in [-0.3, -0.25) is 0 Å². The molecule has 0 aromatic carbocycles. The number of hydrogen-bond donors (Lipinski definition) is 1. The molecule has 0 saturated heterocycles. The lowest BCUT2D eigenvalue weighted by Crippen LogP contribution is -2.07. The van der Waals surface area contributed by atoms with Crippen LogP contribution in [-0.4, -0.2) is 36.7 Å². The van der Waals surface area contributed by atoms with E-state index in [0.29, 0.717) is 11.7 Å². The number of nitrogens with zero attached hydrogens (tertiary/aromatic N) is 6. The lowest BCUT2D eigenvalue weighted by Gasteiger charge is -2.04. The van der Waals surface area contributed by atoms with E-state index < -0.39 is 0 Å². The Hall–Kier alpha value is -2.77. The number of aromatic nitrogens is 6. The van der Waals surface area contributed by atoms with Crippen molar-refractivity contribution in [2.45, 2.75) is 39.5 Å². The molecule has 0 aliphatic rings. The highest BCUT2D eigenvalue weighted by Crippen LogP contribution is 2.11. The molecular weight excluding hydrogens is 306 g/mol. The third kappa shape index (κ3) is 3.95. The molecule has 24 heavy (non-hydrogen) atoms. The number of aryl methyl sites for hydroxylation is 2. The van der Waals surface area contributed by atoms with Gasteiger partial charge in [-0.15, -0.1) is 10.2 Å². The molecule has 8 heteroatoms. The molecule has 0 fully saturated rings. The highest BCUT2D eigenvalue weighted by Gasteiger charge is 2.09. The molecule has 0 unspecified atom stereocenters. The van der Waals surface area contributed by atoms with Crippen molar-refractivity contribution in [1.29, 1.82) is 0 Å². The van der Waals surface area contributed by atoms with Gasteiger partial charge in [0.15, 0.2) is 11.6 Å². The molecule has 0 radical (unpaired) electrons. The predicted molar refractivity (Wildman–Crippen MR) is 89.1 cm³/mol. The summed E-state index contributed by atoms with van der Waals surface area (Å²) in [5.74, 6) is 3.15. The van der Waals surface area contributed by atoms with Gasteiger partial charge in [0, 0.05) is 25.1 Å². The minimum Gasteiger partial charge on any atom is -0.369 e. The molecule has 0 amide bonds. The monoisotopic (exact) mass is 327 g/mol. The van der Waals surface area contributed by atoms with Crippen molar-refractivity contribution in [1.82, 2.24) is 30.1 Å². The van der Waals surface area contributed by atoms with E-state index in [0.717, 1.165) is 36.7 Å². The fourth-order valence-corrected chi connectivity index (χ4v) is 2.14. The summed E-state index contributed by atoms with van der Waals surface area (Å²) in [4.78, 5) is 4.36. The van der Waals surface area contributed by atoms with Crippen molar-refractivity contribution in [2.24, 2.45) is 0 Å². The van der Waals surface area contributed by atoms with Gasteiger partial charge in [-0.1, -0.05) is 19.0 Å². The van der Waals surface area contributed by atoms with Gasteiger partial charge in [-0.05, 0) is 31.5 Å². The zero-order valence-electron chi connectivity index (χ0n) is 14.1. The highest BCUT2D eigenvalue weighted by molar-refractivity contribution is 5.36. The van der Waals surface area contributed by atoms with Crippen LogP contribution in [0.15, 0.2) is 28.9 Å². The summed E-state index contributed by atoms with van der Waals surface area (Å²) in [6, 6.07) is 5.70. The standard InChI is InChI=1S/C16H21N7O/c1-11(2)16-18-15(24-22-16)5-4-9-17-13-6-7-14(20-19-13)23-10-8-12(3)21-23/h6-8,10-11H,4-5,9H2,1-3H3,(H,17,19). The normalized spacial score (nSPS) is 11.2. The first-order chi connectivity index (χ1) is 11.6. The van der Waals surface area contributed by atoms with E-state index in [1.165, 1.54) is 0 Å². The number of anilines is 1. The number of hydrogen-bond acceptors (Lipinski definition) is 7. The van der Waals surface area contributed by atoms with Crippen molar-refractivity contribution in [3.63, 3.8) is 0 Å². The van der Waals surface area contributed by atoms with E-state index in [2.05, 4.69) is 30.8 Å². The van der Waals surface area contributed by atoms with Crippen LogP contribution in [0.4, 0.5) is 5.82 Å². The summed E-state index contributed by atoms with van der Waals surface area (Å²) in [5, 5.41) is 19.8. The lowest BCUT2D eigenvalue weighted by atomic mass is 10.2. The van der Waals surface area contributed by atoms with E-state index in [9.17, 15) is 0 Å². The van der Waals surface area contributed by atoms with Crippen LogP contribution in [-0.2, 0) is 6.42 Å². The van der Waals surface area contributed by atoms with Crippen molar-refractivity contribution in [3.8, 4) is 5.82 Å². The molecule has 3 aromatic heterocycles. The van der Waals surface area contributed by atoms with Crippen LogP contribution in [0.1, 0.15) is 43.6 Å². The van der Waals surface area contributed by atoms with Crippen molar-refractivity contribution >= 4 is 5.82 Å². The number of nitrogens with one attached hydrogen (secondary N) is 1. The fraction of sp³-hybridized carbons (Fsp3) is 0.438.